The van der Waals surface area contributed by atoms with E-state index in [1.54, 1.807) is 6.07 Å². The molecule has 0 atom stereocenters. The number of fused-ring (bicyclic) bond motifs is 1. The average molecular weight is 279 g/mol. The number of hydrogen-bond acceptors (Lipinski definition) is 3. The van der Waals surface area contributed by atoms with Crippen LogP contribution in [0.25, 0.3) is 10.9 Å². The summed E-state index contributed by atoms with van der Waals surface area (Å²) in [5.74, 6) is 1.32. The number of aliphatic hydroxyl groups excluding tert-OH is 1. The summed E-state index contributed by atoms with van der Waals surface area (Å²) >= 11 is 0. The van der Waals surface area contributed by atoms with E-state index in [2.05, 4.69) is 11.9 Å². The third-order valence-electron chi connectivity index (χ3n) is 3.52. The van der Waals surface area contributed by atoms with Crippen LogP contribution in [0, 0.1) is 0 Å². The first-order chi connectivity index (χ1) is 10.3. The highest BCUT2D eigenvalue weighted by Crippen LogP contribution is 2.28. The summed E-state index contributed by atoms with van der Waals surface area (Å²) in [6.45, 7) is 2.06. The molecule has 0 aliphatic carbocycles. The van der Waals surface area contributed by atoms with Gasteiger partial charge in [-0.05, 0) is 29.7 Å². The zero-order valence-corrected chi connectivity index (χ0v) is 11.9. The van der Waals surface area contributed by atoms with E-state index in [1.165, 1.54) is 0 Å². The van der Waals surface area contributed by atoms with E-state index in [1.807, 2.05) is 48.5 Å². The van der Waals surface area contributed by atoms with Crippen molar-refractivity contribution in [1.29, 1.82) is 0 Å². The van der Waals surface area contributed by atoms with Crippen LogP contribution >= 0.6 is 0 Å². The fourth-order valence-corrected chi connectivity index (χ4v) is 2.41. The number of hydrogen-bond donors (Lipinski definition) is 1. The zero-order chi connectivity index (χ0) is 14.7. The Balaban J connectivity index is 2.05. The molecule has 0 saturated heterocycles. The first kappa shape index (κ1) is 13.6. The van der Waals surface area contributed by atoms with E-state index in [0.717, 1.165) is 34.2 Å². The summed E-state index contributed by atoms with van der Waals surface area (Å²) < 4.78 is 5.93. The van der Waals surface area contributed by atoms with Crippen molar-refractivity contribution in [2.24, 2.45) is 0 Å². The molecule has 2 aromatic carbocycles. The number of aryl methyl sites for hydroxylation is 1. The van der Waals surface area contributed by atoms with Crippen LogP contribution in [0.5, 0.6) is 11.6 Å². The molecule has 0 radical (unpaired) electrons. The maximum atomic E-state index is 9.54. The molecular formula is C18H17NO2. The average Bonchev–Trinajstić information content (AvgIpc) is 2.54. The van der Waals surface area contributed by atoms with Gasteiger partial charge in [-0.1, -0.05) is 43.3 Å². The standard InChI is InChI=1S/C18H17NO2/c1-2-13-7-3-6-10-17(13)21-18-11-14(12-20)15-8-4-5-9-16(15)19-18/h3-11,20H,2,12H2,1H3. The van der Waals surface area contributed by atoms with Gasteiger partial charge in [-0.25, -0.2) is 4.98 Å². The highest BCUT2D eigenvalue weighted by atomic mass is 16.5. The second-order valence-corrected chi connectivity index (χ2v) is 4.86. The Hall–Kier alpha value is -2.39. The Morgan fingerprint density at radius 1 is 1.00 bits per heavy atom. The van der Waals surface area contributed by atoms with Crippen LogP contribution in [-0.4, -0.2) is 10.1 Å². The minimum atomic E-state index is -0.0329. The lowest BCUT2D eigenvalue weighted by Crippen LogP contribution is -1.95. The zero-order valence-electron chi connectivity index (χ0n) is 11.9. The molecule has 3 heteroatoms. The lowest BCUT2D eigenvalue weighted by Gasteiger charge is -2.11. The number of nitrogens with zero attached hydrogens (tertiary/aromatic N) is 1. The minimum absolute atomic E-state index is 0.0329. The summed E-state index contributed by atoms with van der Waals surface area (Å²) in [5.41, 5.74) is 2.79. The summed E-state index contributed by atoms with van der Waals surface area (Å²) in [4.78, 5) is 4.52. The maximum Gasteiger partial charge on any atom is 0.220 e. The van der Waals surface area contributed by atoms with Crippen molar-refractivity contribution < 1.29 is 9.84 Å². The van der Waals surface area contributed by atoms with Gasteiger partial charge in [-0.2, -0.15) is 0 Å². The highest BCUT2D eigenvalue weighted by Gasteiger charge is 2.08. The predicted molar refractivity (Wildman–Crippen MR) is 83.6 cm³/mol. The summed E-state index contributed by atoms with van der Waals surface area (Å²) in [6.07, 6.45) is 0.899. The van der Waals surface area contributed by atoms with Gasteiger partial charge in [-0.15, -0.1) is 0 Å². The van der Waals surface area contributed by atoms with Gasteiger partial charge >= 0.3 is 0 Å². The van der Waals surface area contributed by atoms with Gasteiger partial charge in [0.25, 0.3) is 0 Å². The van der Waals surface area contributed by atoms with Crippen LogP contribution < -0.4 is 4.74 Å². The summed E-state index contributed by atoms with van der Waals surface area (Å²) in [6, 6.07) is 17.5. The van der Waals surface area contributed by atoms with Gasteiger partial charge < -0.3 is 9.84 Å². The number of aliphatic hydroxyl groups is 1. The molecule has 21 heavy (non-hydrogen) atoms. The normalized spacial score (nSPS) is 10.8. The number of para-hydroxylation sites is 2. The van der Waals surface area contributed by atoms with Crippen LogP contribution in [0.1, 0.15) is 18.1 Å². The SMILES string of the molecule is CCc1ccccc1Oc1cc(CO)c2ccccc2n1. The van der Waals surface area contributed by atoms with E-state index in [9.17, 15) is 5.11 Å². The van der Waals surface area contributed by atoms with E-state index >= 15 is 0 Å². The van der Waals surface area contributed by atoms with E-state index < -0.39 is 0 Å². The van der Waals surface area contributed by atoms with Crippen molar-refractivity contribution in [3.05, 3.63) is 65.7 Å². The highest BCUT2D eigenvalue weighted by molar-refractivity contribution is 5.82. The number of benzene rings is 2. The molecule has 1 heterocycles. The summed E-state index contributed by atoms with van der Waals surface area (Å²) in [5, 5.41) is 10.5. The second-order valence-electron chi connectivity index (χ2n) is 4.86. The Morgan fingerprint density at radius 3 is 2.57 bits per heavy atom. The molecule has 0 bridgehead atoms. The number of ether oxygens (including phenoxy) is 1. The number of rotatable bonds is 4. The molecule has 0 aliphatic rings. The van der Waals surface area contributed by atoms with Crippen LogP contribution in [0.15, 0.2) is 54.6 Å². The summed E-state index contributed by atoms with van der Waals surface area (Å²) in [7, 11) is 0. The van der Waals surface area contributed by atoms with E-state index in [4.69, 9.17) is 4.74 Å². The van der Waals surface area contributed by atoms with Crippen LogP contribution in [-0.2, 0) is 13.0 Å². The second kappa shape index (κ2) is 5.94. The monoisotopic (exact) mass is 279 g/mol. The van der Waals surface area contributed by atoms with Crippen molar-refractivity contribution >= 4 is 10.9 Å². The van der Waals surface area contributed by atoms with Crippen LogP contribution in [0.4, 0.5) is 0 Å². The Kier molecular flexibility index (Phi) is 3.84. The lowest BCUT2D eigenvalue weighted by molar-refractivity contribution is 0.282. The molecule has 0 aliphatic heterocycles. The smallest absolute Gasteiger partial charge is 0.220 e. The molecule has 1 aromatic heterocycles. The third-order valence-corrected chi connectivity index (χ3v) is 3.52. The van der Waals surface area contributed by atoms with Gasteiger partial charge in [0, 0.05) is 11.5 Å². The molecular weight excluding hydrogens is 262 g/mol. The van der Waals surface area contributed by atoms with Gasteiger partial charge in [0.05, 0.1) is 12.1 Å². The molecule has 0 saturated carbocycles. The molecule has 3 nitrogen and oxygen atoms in total. The molecule has 3 aromatic rings. The van der Waals surface area contributed by atoms with Crippen LogP contribution in [0.2, 0.25) is 0 Å². The Bertz CT molecular complexity index is 768. The molecule has 1 N–H and O–H groups in total. The van der Waals surface area contributed by atoms with Crippen LogP contribution in [0.3, 0.4) is 0 Å². The quantitative estimate of drug-likeness (QED) is 0.782. The maximum absolute atomic E-state index is 9.54. The fourth-order valence-electron chi connectivity index (χ4n) is 2.41. The lowest BCUT2D eigenvalue weighted by atomic mass is 10.1. The van der Waals surface area contributed by atoms with E-state index in [0.29, 0.717) is 5.88 Å². The largest absolute Gasteiger partial charge is 0.439 e. The molecule has 0 unspecified atom stereocenters. The van der Waals surface area contributed by atoms with Crippen molar-refractivity contribution in [3.8, 4) is 11.6 Å². The first-order valence-corrected chi connectivity index (χ1v) is 7.07. The number of aromatic nitrogens is 1. The molecule has 3 rings (SSSR count). The first-order valence-electron chi connectivity index (χ1n) is 7.07. The fraction of sp³-hybridized carbons (Fsp3) is 0.167. The topological polar surface area (TPSA) is 42.4 Å². The van der Waals surface area contributed by atoms with Crippen molar-refractivity contribution in [2.75, 3.05) is 0 Å². The Labute approximate surface area is 123 Å². The molecule has 106 valence electrons. The number of pyridine rings is 1. The molecule has 0 spiro atoms. The van der Waals surface area contributed by atoms with Crippen molar-refractivity contribution in [1.82, 2.24) is 4.98 Å². The van der Waals surface area contributed by atoms with Gasteiger partial charge in [0.1, 0.15) is 5.75 Å². The predicted octanol–water partition coefficient (Wildman–Crippen LogP) is 4.08. The minimum Gasteiger partial charge on any atom is -0.439 e. The van der Waals surface area contributed by atoms with E-state index in [-0.39, 0.29) is 6.61 Å². The van der Waals surface area contributed by atoms with Crippen molar-refractivity contribution in [3.63, 3.8) is 0 Å². The molecule has 0 amide bonds. The van der Waals surface area contributed by atoms with Gasteiger partial charge in [0.2, 0.25) is 5.88 Å². The Morgan fingerprint density at radius 2 is 1.76 bits per heavy atom. The molecule has 0 fully saturated rings. The van der Waals surface area contributed by atoms with Crippen molar-refractivity contribution in [2.45, 2.75) is 20.0 Å². The van der Waals surface area contributed by atoms with Gasteiger partial charge in [-0.3, -0.25) is 0 Å². The van der Waals surface area contributed by atoms with Gasteiger partial charge in [0.15, 0.2) is 0 Å². The third kappa shape index (κ3) is 2.73.